The van der Waals surface area contributed by atoms with Gasteiger partial charge in [-0.05, 0) is 88.2 Å². The third kappa shape index (κ3) is 7.16. The molecule has 0 N–H and O–H groups in total. The van der Waals surface area contributed by atoms with E-state index in [0.717, 1.165) is 20.4 Å². The van der Waals surface area contributed by atoms with Crippen molar-refractivity contribution >= 4 is 39.9 Å². The Hall–Kier alpha value is -0.783. The van der Waals surface area contributed by atoms with Crippen LogP contribution < -0.4 is 9.47 Å². The van der Waals surface area contributed by atoms with E-state index in [1.165, 1.54) is 11.1 Å². The molecule has 0 saturated heterocycles. The first-order valence-electron chi connectivity index (χ1n) is 12.5. The highest BCUT2D eigenvalue weighted by Gasteiger charge is 2.55. The molecule has 0 saturated carbocycles. The van der Waals surface area contributed by atoms with E-state index in [2.05, 4.69) is 151 Å². The second-order valence-electron chi connectivity index (χ2n) is 13.9. The van der Waals surface area contributed by atoms with Crippen LogP contribution in [0.3, 0.4) is 0 Å². The Bertz CT molecular complexity index is 935. The molecule has 35 heavy (non-hydrogen) atoms. The van der Waals surface area contributed by atoms with Gasteiger partial charge in [-0.1, -0.05) is 95.2 Å². The van der Waals surface area contributed by atoms with Gasteiger partial charge in [-0.3, -0.25) is 0 Å². The predicted octanol–water partition coefficient (Wildman–Crippen LogP) is 10.4. The molecule has 2 rings (SSSR count). The van der Waals surface area contributed by atoms with E-state index in [-0.39, 0.29) is 20.9 Å². The molecule has 0 aliphatic carbocycles. The SMILES string of the molecule is CC(C)(C)c1ccc(OC[Si](COc2ccc(C(C)(C)C)cc2Br)(C(C)(C)C)C(C)(C)C)c(Br)c1. The molecule has 0 fully saturated rings. The van der Waals surface area contributed by atoms with Gasteiger partial charge in [-0.15, -0.1) is 0 Å². The average molecular weight is 627 g/mol. The minimum Gasteiger partial charge on any atom is -0.496 e. The van der Waals surface area contributed by atoms with Crippen molar-refractivity contribution < 1.29 is 9.47 Å². The highest BCUT2D eigenvalue weighted by atomic mass is 79.9. The van der Waals surface area contributed by atoms with Crippen molar-refractivity contribution in [2.45, 2.75) is 104 Å². The Kier molecular flexibility index (Phi) is 9.16. The quantitative estimate of drug-likeness (QED) is 0.297. The third-order valence-electron chi connectivity index (χ3n) is 7.42. The van der Waals surface area contributed by atoms with Crippen LogP contribution in [-0.4, -0.2) is 20.5 Å². The van der Waals surface area contributed by atoms with Crippen LogP contribution in [0.25, 0.3) is 0 Å². The lowest BCUT2D eigenvalue weighted by Gasteiger charge is -2.50. The number of hydrogen-bond donors (Lipinski definition) is 0. The highest BCUT2D eigenvalue weighted by molar-refractivity contribution is 9.10. The summed E-state index contributed by atoms with van der Waals surface area (Å²) in [4.78, 5) is 0. The van der Waals surface area contributed by atoms with Crippen molar-refractivity contribution in [3.05, 3.63) is 56.5 Å². The van der Waals surface area contributed by atoms with Crippen molar-refractivity contribution in [3.8, 4) is 11.5 Å². The summed E-state index contributed by atoms with van der Waals surface area (Å²) in [6, 6.07) is 13.0. The first kappa shape index (κ1) is 30.4. The molecule has 5 heteroatoms. The lowest BCUT2D eigenvalue weighted by atomic mass is 9.87. The van der Waals surface area contributed by atoms with E-state index in [1.807, 2.05) is 0 Å². The van der Waals surface area contributed by atoms with Crippen molar-refractivity contribution in [2.24, 2.45) is 0 Å². The number of halogens is 2. The molecule has 2 aromatic rings. The van der Waals surface area contributed by atoms with Crippen LogP contribution in [0.5, 0.6) is 11.5 Å². The lowest BCUT2D eigenvalue weighted by molar-refractivity contribution is 0.315. The first-order chi connectivity index (χ1) is 15.7. The van der Waals surface area contributed by atoms with Crippen LogP contribution in [0.15, 0.2) is 45.3 Å². The Balaban J connectivity index is 2.38. The van der Waals surface area contributed by atoms with Crippen LogP contribution >= 0.6 is 31.9 Å². The smallest absolute Gasteiger partial charge is 0.152 e. The average Bonchev–Trinajstić information content (AvgIpc) is 2.66. The Morgan fingerprint density at radius 1 is 0.571 bits per heavy atom. The molecular weight excluding hydrogens is 580 g/mol. The van der Waals surface area contributed by atoms with Crippen molar-refractivity contribution in [3.63, 3.8) is 0 Å². The predicted molar refractivity (Wildman–Crippen MR) is 162 cm³/mol. The molecule has 0 spiro atoms. The van der Waals surface area contributed by atoms with Gasteiger partial charge in [-0.25, -0.2) is 0 Å². The fraction of sp³-hybridized carbons (Fsp3) is 0.600. The zero-order valence-electron chi connectivity index (χ0n) is 24.0. The second-order valence-corrected chi connectivity index (χ2v) is 21.4. The highest BCUT2D eigenvalue weighted by Crippen LogP contribution is 2.51. The summed E-state index contributed by atoms with van der Waals surface area (Å²) in [5, 5.41) is 0.141. The van der Waals surface area contributed by atoms with E-state index in [1.54, 1.807) is 0 Å². The van der Waals surface area contributed by atoms with Gasteiger partial charge in [-0.2, -0.15) is 0 Å². The molecule has 0 aliphatic heterocycles. The summed E-state index contributed by atoms with van der Waals surface area (Å²) in [6.45, 7) is 27.5. The molecule has 0 heterocycles. The third-order valence-corrected chi connectivity index (χ3v) is 15.7. The monoisotopic (exact) mass is 624 g/mol. The topological polar surface area (TPSA) is 18.5 Å². The zero-order chi connectivity index (χ0) is 27.0. The fourth-order valence-corrected chi connectivity index (χ4v) is 10.5. The number of hydrogen-bond acceptors (Lipinski definition) is 2. The van der Waals surface area contributed by atoms with Crippen LogP contribution in [0.1, 0.15) is 94.2 Å². The molecule has 0 unspecified atom stereocenters. The fourth-order valence-electron chi connectivity index (χ4n) is 4.60. The van der Waals surface area contributed by atoms with E-state index in [4.69, 9.17) is 9.47 Å². The summed E-state index contributed by atoms with van der Waals surface area (Å²) in [5.41, 5.74) is 2.78. The molecule has 0 aromatic heterocycles. The number of benzene rings is 2. The van der Waals surface area contributed by atoms with E-state index in [9.17, 15) is 0 Å². The maximum absolute atomic E-state index is 6.63. The molecule has 0 radical (unpaired) electrons. The molecule has 196 valence electrons. The van der Waals surface area contributed by atoms with Crippen molar-refractivity contribution in [1.82, 2.24) is 0 Å². The van der Waals surface area contributed by atoms with Gasteiger partial charge in [0.2, 0.25) is 0 Å². The number of ether oxygens (including phenoxy) is 2. The minimum absolute atomic E-state index is 0.0703. The van der Waals surface area contributed by atoms with E-state index >= 15 is 0 Å². The second kappa shape index (κ2) is 10.5. The number of rotatable bonds is 6. The Labute approximate surface area is 232 Å². The van der Waals surface area contributed by atoms with Crippen LogP contribution in [0, 0.1) is 0 Å². The summed E-state index contributed by atoms with van der Waals surface area (Å²) in [6.07, 6.45) is 1.37. The summed E-state index contributed by atoms with van der Waals surface area (Å²) in [7, 11) is -2.20. The maximum Gasteiger partial charge on any atom is 0.152 e. The zero-order valence-corrected chi connectivity index (χ0v) is 28.1. The summed E-state index contributed by atoms with van der Waals surface area (Å²) < 4.78 is 15.3. The standard InChI is InChI=1S/C30H46Br2O2Si/c1-27(2,3)21-13-15-25(23(31)17-21)33-19-35(29(7,8)9,30(10,11)12)20-34-26-16-14-22(18-24(26)32)28(4,5)6/h13-18H,19-20H2,1-12H3. The van der Waals surface area contributed by atoms with Gasteiger partial charge in [0.15, 0.2) is 8.07 Å². The molecule has 0 aliphatic rings. The molecule has 0 atom stereocenters. The molecular formula is C30H46Br2O2Si. The van der Waals surface area contributed by atoms with Gasteiger partial charge in [0, 0.05) is 0 Å². The van der Waals surface area contributed by atoms with Crippen molar-refractivity contribution in [1.29, 1.82) is 0 Å². The molecule has 0 amide bonds. The summed E-state index contributed by atoms with van der Waals surface area (Å²) in [5.74, 6) is 1.80. The first-order valence-corrected chi connectivity index (χ1v) is 16.5. The van der Waals surface area contributed by atoms with Crippen LogP contribution in [0.4, 0.5) is 0 Å². The van der Waals surface area contributed by atoms with Crippen LogP contribution in [-0.2, 0) is 10.8 Å². The molecule has 2 aromatic carbocycles. The van der Waals surface area contributed by atoms with E-state index in [0.29, 0.717) is 12.5 Å². The molecule has 0 bridgehead atoms. The van der Waals surface area contributed by atoms with E-state index < -0.39 is 8.07 Å². The normalized spacial score (nSPS) is 13.7. The van der Waals surface area contributed by atoms with Gasteiger partial charge < -0.3 is 9.47 Å². The summed E-state index contributed by atoms with van der Waals surface area (Å²) >= 11 is 7.54. The van der Waals surface area contributed by atoms with Gasteiger partial charge in [0.25, 0.3) is 0 Å². The van der Waals surface area contributed by atoms with Gasteiger partial charge in [0.1, 0.15) is 11.5 Å². The lowest BCUT2D eigenvalue weighted by Crippen LogP contribution is -2.61. The largest absolute Gasteiger partial charge is 0.496 e. The van der Waals surface area contributed by atoms with Crippen molar-refractivity contribution in [2.75, 3.05) is 12.5 Å². The van der Waals surface area contributed by atoms with Gasteiger partial charge >= 0.3 is 0 Å². The minimum atomic E-state index is -2.20. The Morgan fingerprint density at radius 2 is 0.886 bits per heavy atom. The Morgan fingerprint density at radius 3 is 1.11 bits per heavy atom. The molecule has 2 nitrogen and oxygen atoms in total. The van der Waals surface area contributed by atoms with Crippen LogP contribution in [0.2, 0.25) is 10.1 Å². The van der Waals surface area contributed by atoms with Gasteiger partial charge in [0.05, 0.1) is 21.4 Å². The maximum atomic E-state index is 6.63.